The lowest BCUT2D eigenvalue weighted by Crippen LogP contribution is -2.20. The Labute approximate surface area is 104 Å². The van der Waals surface area contributed by atoms with Gasteiger partial charge in [0.15, 0.2) is 0 Å². The minimum atomic E-state index is -4.32. The Kier molecular flexibility index (Phi) is 5.20. The molecule has 0 radical (unpaired) electrons. The molecule has 1 rings (SSSR count). The third kappa shape index (κ3) is 5.88. The minimum Gasteiger partial charge on any atom is -0.382 e. The summed E-state index contributed by atoms with van der Waals surface area (Å²) >= 11 is 3.18. The highest BCUT2D eigenvalue weighted by molar-refractivity contribution is 9.10. The third-order valence-electron chi connectivity index (χ3n) is 1.76. The molecule has 0 unspecified atom stereocenters. The largest absolute Gasteiger partial charge is 0.411 e. The Morgan fingerprint density at radius 1 is 1.29 bits per heavy atom. The van der Waals surface area contributed by atoms with Crippen molar-refractivity contribution in [1.82, 2.24) is 0 Å². The van der Waals surface area contributed by atoms with Crippen LogP contribution in [0.15, 0.2) is 22.7 Å². The van der Waals surface area contributed by atoms with Crippen LogP contribution in [0.25, 0.3) is 0 Å². The summed E-state index contributed by atoms with van der Waals surface area (Å²) in [4.78, 5) is 0. The zero-order valence-corrected chi connectivity index (χ0v) is 10.2. The smallest absolute Gasteiger partial charge is 0.382 e. The molecule has 96 valence electrons. The number of nitrogens with one attached hydrogen (secondary N) is 1. The van der Waals surface area contributed by atoms with Crippen LogP contribution in [0.4, 0.5) is 23.2 Å². The molecule has 0 amide bonds. The molecule has 0 aromatic heterocycles. The molecule has 2 nitrogen and oxygen atoms in total. The van der Waals surface area contributed by atoms with Gasteiger partial charge in [-0.05, 0) is 34.1 Å². The van der Waals surface area contributed by atoms with E-state index in [9.17, 15) is 17.6 Å². The molecule has 0 saturated carbocycles. The maximum Gasteiger partial charge on any atom is 0.411 e. The second-order valence-corrected chi connectivity index (χ2v) is 4.07. The number of hydrogen-bond donors (Lipinski definition) is 1. The molecule has 0 atom stereocenters. The van der Waals surface area contributed by atoms with Gasteiger partial charge in [-0.2, -0.15) is 13.2 Å². The molecule has 0 aliphatic heterocycles. The average Bonchev–Trinajstić information content (AvgIpc) is 2.21. The van der Waals surface area contributed by atoms with E-state index in [-0.39, 0.29) is 13.2 Å². The van der Waals surface area contributed by atoms with Crippen molar-refractivity contribution >= 4 is 21.6 Å². The third-order valence-corrected chi connectivity index (χ3v) is 2.45. The Hall–Kier alpha value is -0.820. The van der Waals surface area contributed by atoms with Gasteiger partial charge in [0.25, 0.3) is 0 Å². The predicted octanol–water partition coefficient (Wildman–Crippen LogP) is 3.58. The van der Waals surface area contributed by atoms with Gasteiger partial charge in [0.2, 0.25) is 0 Å². The fourth-order valence-corrected chi connectivity index (χ4v) is 1.47. The Morgan fingerprint density at radius 3 is 2.65 bits per heavy atom. The number of ether oxygens (including phenoxy) is 1. The summed E-state index contributed by atoms with van der Waals surface area (Å²) in [6, 6.07) is 4.03. The van der Waals surface area contributed by atoms with Gasteiger partial charge in [0.05, 0.1) is 12.3 Å². The van der Waals surface area contributed by atoms with E-state index < -0.39 is 18.6 Å². The molecule has 0 fully saturated rings. The first-order valence-electron chi connectivity index (χ1n) is 4.72. The molecule has 1 N–H and O–H groups in total. The van der Waals surface area contributed by atoms with Crippen LogP contribution in [0, 0.1) is 5.82 Å². The average molecular weight is 316 g/mol. The van der Waals surface area contributed by atoms with Gasteiger partial charge < -0.3 is 10.1 Å². The summed E-state index contributed by atoms with van der Waals surface area (Å²) in [5.74, 6) is -0.424. The van der Waals surface area contributed by atoms with Gasteiger partial charge in [-0.25, -0.2) is 4.39 Å². The van der Waals surface area contributed by atoms with E-state index in [1.807, 2.05) is 0 Å². The van der Waals surface area contributed by atoms with Gasteiger partial charge in [-0.15, -0.1) is 0 Å². The molecule has 0 aliphatic rings. The van der Waals surface area contributed by atoms with Gasteiger partial charge >= 0.3 is 6.18 Å². The van der Waals surface area contributed by atoms with Crippen molar-refractivity contribution in [3.63, 3.8) is 0 Å². The summed E-state index contributed by atoms with van der Waals surface area (Å²) < 4.78 is 53.0. The normalized spacial score (nSPS) is 11.6. The van der Waals surface area contributed by atoms with Crippen LogP contribution < -0.4 is 5.32 Å². The van der Waals surface area contributed by atoms with Crippen LogP contribution in [0.1, 0.15) is 0 Å². The molecule has 1 aromatic rings. The molecule has 7 heteroatoms. The first kappa shape index (κ1) is 14.2. The van der Waals surface area contributed by atoms with E-state index in [2.05, 4.69) is 26.0 Å². The summed E-state index contributed by atoms with van der Waals surface area (Å²) in [6.07, 6.45) is -4.32. The van der Waals surface area contributed by atoms with E-state index in [0.717, 1.165) is 0 Å². The number of halogens is 5. The van der Waals surface area contributed by atoms with Crippen LogP contribution in [0.3, 0.4) is 0 Å². The molecule has 17 heavy (non-hydrogen) atoms. The van der Waals surface area contributed by atoms with Gasteiger partial charge in [0.1, 0.15) is 12.4 Å². The fourth-order valence-electron chi connectivity index (χ4n) is 1.08. The van der Waals surface area contributed by atoms with Crippen LogP contribution in [0.2, 0.25) is 0 Å². The Bertz CT molecular complexity index is 370. The fraction of sp³-hybridized carbons (Fsp3) is 0.400. The molecule has 0 bridgehead atoms. The van der Waals surface area contributed by atoms with Crippen LogP contribution in [-0.2, 0) is 4.74 Å². The molecular formula is C10H10BrF4NO. The SMILES string of the molecule is Fc1ccc(Br)c(NCCOCC(F)(F)F)c1. The minimum absolute atomic E-state index is 0.109. The number of hydrogen-bond acceptors (Lipinski definition) is 2. The summed E-state index contributed by atoms with van der Waals surface area (Å²) in [7, 11) is 0. The highest BCUT2D eigenvalue weighted by Gasteiger charge is 2.27. The maximum absolute atomic E-state index is 12.8. The highest BCUT2D eigenvalue weighted by Crippen LogP contribution is 2.22. The lowest BCUT2D eigenvalue weighted by Gasteiger charge is -2.10. The summed E-state index contributed by atoms with van der Waals surface area (Å²) in [5.41, 5.74) is 0.473. The predicted molar refractivity (Wildman–Crippen MR) is 59.5 cm³/mol. The van der Waals surface area contributed by atoms with Crippen LogP contribution in [0.5, 0.6) is 0 Å². The van der Waals surface area contributed by atoms with Crippen molar-refractivity contribution < 1.29 is 22.3 Å². The van der Waals surface area contributed by atoms with E-state index in [0.29, 0.717) is 10.2 Å². The first-order chi connectivity index (χ1) is 7.88. The van der Waals surface area contributed by atoms with Crippen molar-refractivity contribution in [3.8, 4) is 0 Å². The summed E-state index contributed by atoms with van der Waals surface area (Å²) in [5, 5.41) is 2.76. The standard InChI is InChI=1S/C10H10BrF4NO/c11-8-2-1-7(12)5-9(8)16-3-4-17-6-10(13,14)15/h1-2,5,16H,3-4,6H2. The quantitative estimate of drug-likeness (QED) is 0.662. The molecule has 0 saturated heterocycles. The van der Waals surface area contributed by atoms with Gasteiger partial charge in [0, 0.05) is 11.0 Å². The molecular weight excluding hydrogens is 306 g/mol. The second kappa shape index (κ2) is 6.20. The second-order valence-electron chi connectivity index (χ2n) is 3.22. The van der Waals surface area contributed by atoms with Gasteiger partial charge in [-0.1, -0.05) is 0 Å². The topological polar surface area (TPSA) is 21.3 Å². The zero-order chi connectivity index (χ0) is 12.9. The summed E-state index contributed by atoms with van der Waals surface area (Å²) in [6.45, 7) is -1.22. The zero-order valence-electron chi connectivity index (χ0n) is 8.65. The Balaban J connectivity index is 2.29. The highest BCUT2D eigenvalue weighted by atomic mass is 79.9. The molecule has 0 aliphatic carbocycles. The molecule has 0 heterocycles. The van der Waals surface area contributed by atoms with Crippen LogP contribution in [-0.4, -0.2) is 25.9 Å². The molecule has 0 spiro atoms. The van der Waals surface area contributed by atoms with E-state index in [1.165, 1.54) is 18.2 Å². The Morgan fingerprint density at radius 2 is 2.00 bits per heavy atom. The number of anilines is 1. The lowest BCUT2D eigenvalue weighted by molar-refractivity contribution is -0.172. The van der Waals surface area contributed by atoms with Crippen molar-refractivity contribution in [2.45, 2.75) is 6.18 Å². The first-order valence-corrected chi connectivity index (χ1v) is 5.51. The monoisotopic (exact) mass is 315 g/mol. The number of benzene rings is 1. The lowest BCUT2D eigenvalue weighted by atomic mass is 10.3. The van der Waals surface area contributed by atoms with Gasteiger partial charge in [-0.3, -0.25) is 0 Å². The van der Waals surface area contributed by atoms with Crippen molar-refractivity contribution in [3.05, 3.63) is 28.5 Å². The number of rotatable bonds is 5. The van der Waals surface area contributed by atoms with Crippen LogP contribution >= 0.6 is 15.9 Å². The number of alkyl halides is 3. The van der Waals surface area contributed by atoms with E-state index in [4.69, 9.17) is 0 Å². The van der Waals surface area contributed by atoms with Crippen molar-refractivity contribution in [1.29, 1.82) is 0 Å². The molecule has 1 aromatic carbocycles. The van der Waals surface area contributed by atoms with Crippen molar-refractivity contribution in [2.24, 2.45) is 0 Å². The van der Waals surface area contributed by atoms with E-state index in [1.54, 1.807) is 0 Å². The van der Waals surface area contributed by atoms with Crippen molar-refractivity contribution in [2.75, 3.05) is 25.1 Å². The van der Waals surface area contributed by atoms with E-state index >= 15 is 0 Å². The maximum atomic E-state index is 12.8.